The highest BCUT2D eigenvalue weighted by Crippen LogP contribution is 2.54. The molecule has 0 spiro atoms. The van der Waals surface area contributed by atoms with E-state index in [0.717, 1.165) is 18.6 Å². The van der Waals surface area contributed by atoms with Crippen LogP contribution >= 0.6 is 0 Å². The van der Waals surface area contributed by atoms with Crippen molar-refractivity contribution < 1.29 is 32.6 Å². The molecule has 5 nitrogen and oxygen atoms in total. The van der Waals surface area contributed by atoms with Gasteiger partial charge in [0.05, 0.1) is 17.4 Å². The average molecular weight is 516 g/mol. The highest BCUT2D eigenvalue weighted by Gasteiger charge is 2.54. The van der Waals surface area contributed by atoms with E-state index in [1.54, 1.807) is 24.3 Å². The van der Waals surface area contributed by atoms with Crippen molar-refractivity contribution in [1.82, 2.24) is 0 Å². The van der Waals surface area contributed by atoms with Crippen LogP contribution in [-0.2, 0) is 20.5 Å². The lowest BCUT2D eigenvalue weighted by Gasteiger charge is -2.47. The third kappa shape index (κ3) is 5.68. The normalized spacial score (nSPS) is 32.5. The summed E-state index contributed by atoms with van der Waals surface area (Å²) < 4.78 is 44.9. The van der Waals surface area contributed by atoms with Crippen molar-refractivity contribution in [1.29, 1.82) is 0 Å². The van der Waals surface area contributed by atoms with Crippen molar-refractivity contribution in [3.05, 3.63) is 78.0 Å². The van der Waals surface area contributed by atoms with Crippen LogP contribution in [0.5, 0.6) is 0 Å². The van der Waals surface area contributed by atoms with Gasteiger partial charge in [-0.2, -0.15) is 13.2 Å². The molecular weight excluding hydrogens is 483 g/mol. The second-order valence-corrected chi connectivity index (χ2v) is 10.3. The van der Waals surface area contributed by atoms with Gasteiger partial charge in [0, 0.05) is 11.6 Å². The predicted octanol–water partition coefficient (Wildman–Crippen LogP) is 5.99. The zero-order chi connectivity index (χ0) is 26.9. The number of alkyl halides is 3. The Balaban J connectivity index is 1.57. The van der Waals surface area contributed by atoms with Gasteiger partial charge in [0.25, 0.3) is 0 Å². The maximum Gasteiger partial charge on any atom is 0.416 e. The molecule has 7 atom stereocenters. The number of cyclic esters (lactones) is 1. The molecule has 1 heterocycles. The number of halogens is 3. The number of esters is 1. The van der Waals surface area contributed by atoms with Gasteiger partial charge in [-0.05, 0) is 85.8 Å². The van der Waals surface area contributed by atoms with Crippen molar-refractivity contribution in [2.24, 2.45) is 41.2 Å². The van der Waals surface area contributed by atoms with Crippen molar-refractivity contribution in [2.75, 3.05) is 0 Å². The molecule has 37 heavy (non-hydrogen) atoms. The minimum Gasteiger partial charge on any atom is -0.481 e. The molecule has 3 aliphatic rings. The summed E-state index contributed by atoms with van der Waals surface area (Å²) in [5, 5.41) is 9.52. The smallest absolute Gasteiger partial charge is 0.416 e. The number of allylic oxidation sites excluding steroid dienone is 6. The van der Waals surface area contributed by atoms with Crippen molar-refractivity contribution in [3.8, 4) is 0 Å². The molecule has 0 radical (unpaired) electrons. The third-order valence-electron chi connectivity index (χ3n) is 8.21. The second-order valence-electron chi connectivity index (χ2n) is 10.3. The molecular formula is C29H32F3NO4. The van der Waals surface area contributed by atoms with Crippen LogP contribution in [0.2, 0.25) is 0 Å². The van der Waals surface area contributed by atoms with Crippen LogP contribution in [0.25, 0.3) is 5.57 Å². The molecule has 198 valence electrons. The monoisotopic (exact) mass is 515 g/mol. The van der Waals surface area contributed by atoms with Crippen LogP contribution in [0.1, 0.15) is 43.7 Å². The van der Waals surface area contributed by atoms with Gasteiger partial charge in [-0.25, -0.2) is 0 Å². The first kappa shape index (κ1) is 26.8. The summed E-state index contributed by atoms with van der Waals surface area (Å²) in [5.41, 5.74) is 6.78. The fraction of sp³-hybridized carbons (Fsp3) is 0.448. The van der Waals surface area contributed by atoms with Crippen LogP contribution in [0.3, 0.4) is 0 Å². The molecule has 0 unspecified atom stereocenters. The molecule has 4 rings (SSSR count). The third-order valence-corrected chi connectivity index (χ3v) is 8.21. The maximum atomic E-state index is 13.1. The first-order valence-electron chi connectivity index (χ1n) is 12.6. The number of hydrogen-bond acceptors (Lipinski definition) is 4. The molecule has 1 aliphatic heterocycles. The zero-order valence-electron chi connectivity index (χ0n) is 20.7. The van der Waals surface area contributed by atoms with Gasteiger partial charge in [-0.15, -0.1) is 0 Å². The van der Waals surface area contributed by atoms with Gasteiger partial charge in [0.1, 0.15) is 6.10 Å². The molecule has 0 aromatic heterocycles. The molecule has 8 heteroatoms. The number of carbonyl (C=O) groups is 2. The van der Waals surface area contributed by atoms with E-state index in [1.165, 1.54) is 12.1 Å². The van der Waals surface area contributed by atoms with E-state index in [1.807, 2.05) is 13.0 Å². The Hall–Kier alpha value is -3.29. The molecule has 1 saturated heterocycles. The molecule has 2 aliphatic carbocycles. The second kappa shape index (κ2) is 10.6. The van der Waals surface area contributed by atoms with E-state index in [4.69, 9.17) is 10.5 Å². The fourth-order valence-corrected chi connectivity index (χ4v) is 6.46. The summed E-state index contributed by atoms with van der Waals surface area (Å²) in [6.45, 7) is 5.62. The lowest BCUT2D eigenvalue weighted by atomic mass is 9.56. The number of fused-ring (bicyclic) bond motifs is 2. The van der Waals surface area contributed by atoms with E-state index in [2.05, 4.69) is 6.58 Å². The van der Waals surface area contributed by atoms with Crippen LogP contribution in [0, 0.1) is 35.5 Å². The summed E-state index contributed by atoms with van der Waals surface area (Å²) in [6, 6.07) is 5.02. The molecule has 3 N–H and O–H groups in total. The van der Waals surface area contributed by atoms with E-state index in [9.17, 15) is 27.9 Å². The number of hydrogen-bond donors (Lipinski definition) is 2. The Kier molecular flexibility index (Phi) is 7.67. The first-order valence-corrected chi connectivity index (χ1v) is 12.6. The maximum absolute atomic E-state index is 13.1. The number of aliphatic carboxylic acids is 1. The Labute approximate surface area is 214 Å². The number of benzene rings is 1. The average Bonchev–Trinajstić information content (AvgIpc) is 3.14. The lowest BCUT2D eigenvalue weighted by Crippen LogP contribution is -2.44. The van der Waals surface area contributed by atoms with Gasteiger partial charge in [0.15, 0.2) is 0 Å². The summed E-state index contributed by atoms with van der Waals surface area (Å²) in [6.07, 6.45) is 6.40. The van der Waals surface area contributed by atoms with E-state index < -0.39 is 17.7 Å². The summed E-state index contributed by atoms with van der Waals surface area (Å²) in [7, 11) is 0. The van der Waals surface area contributed by atoms with Gasteiger partial charge in [-0.3, -0.25) is 9.59 Å². The molecule has 0 amide bonds. The minimum absolute atomic E-state index is 0.00330. The SMILES string of the molecule is C=C\C(=C/C=C(N)/C=C/[C@H]1[C@@H]2CC[C@@H](C(=O)O)C[C@H]2C[C@H]2C(=O)O[C@H](C)[C@@H]12)c1cccc(C(F)(F)F)c1. The van der Waals surface area contributed by atoms with Crippen LogP contribution < -0.4 is 5.73 Å². The van der Waals surface area contributed by atoms with Crippen LogP contribution in [0.4, 0.5) is 13.2 Å². The summed E-state index contributed by atoms with van der Waals surface area (Å²) in [4.78, 5) is 24.1. The molecule has 0 bridgehead atoms. The fourth-order valence-electron chi connectivity index (χ4n) is 6.46. The number of nitrogens with two attached hydrogens (primary N) is 1. The van der Waals surface area contributed by atoms with Gasteiger partial charge < -0.3 is 15.6 Å². The lowest BCUT2D eigenvalue weighted by molar-refractivity contribution is -0.145. The van der Waals surface area contributed by atoms with Crippen molar-refractivity contribution in [3.63, 3.8) is 0 Å². The molecule has 1 aromatic carbocycles. The molecule has 1 aromatic rings. The van der Waals surface area contributed by atoms with Gasteiger partial charge in [0.2, 0.25) is 0 Å². The number of rotatable bonds is 6. The van der Waals surface area contributed by atoms with E-state index in [0.29, 0.717) is 36.1 Å². The first-order chi connectivity index (χ1) is 17.5. The Morgan fingerprint density at radius 2 is 1.97 bits per heavy atom. The summed E-state index contributed by atoms with van der Waals surface area (Å²) >= 11 is 0. The number of carboxylic acids is 1. The zero-order valence-corrected chi connectivity index (χ0v) is 20.7. The van der Waals surface area contributed by atoms with Crippen LogP contribution in [-0.4, -0.2) is 23.1 Å². The highest BCUT2D eigenvalue weighted by molar-refractivity contribution is 5.76. The van der Waals surface area contributed by atoms with E-state index >= 15 is 0 Å². The largest absolute Gasteiger partial charge is 0.481 e. The molecule has 2 saturated carbocycles. The predicted molar refractivity (Wildman–Crippen MR) is 134 cm³/mol. The summed E-state index contributed by atoms with van der Waals surface area (Å²) in [5.74, 6) is -1.26. The van der Waals surface area contributed by atoms with E-state index in [-0.39, 0.29) is 47.6 Å². The van der Waals surface area contributed by atoms with Gasteiger partial charge in [-0.1, -0.05) is 36.9 Å². The quantitative estimate of drug-likeness (QED) is 0.359. The van der Waals surface area contributed by atoms with Gasteiger partial charge >= 0.3 is 18.1 Å². The van der Waals surface area contributed by atoms with Crippen LogP contribution in [0.15, 0.2) is 66.9 Å². The number of carbonyl (C=O) groups excluding carboxylic acids is 1. The highest BCUT2D eigenvalue weighted by atomic mass is 19.4. The van der Waals surface area contributed by atoms with Crippen molar-refractivity contribution >= 4 is 17.5 Å². The Morgan fingerprint density at radius 1 is 1.22 bits per heavy atom. The Morgan fingerprint density at radius 3 is 2.65 bits per heavy atom. The number of carboxylic acid groups (broad SMARTS) is 1. The topological polar surface area (TPSA) is 89.6 Å². The Bertz CT molecular complexity index is 1150. The number of ether oxygens (including phenoxy) is 1. The molecule has 3 fully saturated rings. The standard InChI is InChI=1S/C29H32F3NO4/c1-3-17(18-5-4-6-21(14-18)29(30,31)32)7-9-22(33)10-12-24-23-11-8-19(27(34)35)13-20(23)15-25-26(24)16(2)37-28(25)36/h3-7,9-10,12,14,16,19-20,23-26H,1,8,11,13,15,33H2,2H3,(H,34,35)/b12-10+,17-7+,22-9-/t16-,19-,20+,23-,24+,25-,26+/m1/s1. The van der Waals surface area contributed by atoms with Crippen molar-refractivity contribution in [2.45, 2.75) is 44.9 Å². The minimum atomic E-state index is -4.44.